The SMILES string of the molecule is CC(=O)N1CCSC12CN(C(=O)CC(C)O)C2. The predicted octanol–water partition coefficient (Wildman–Crippen LogP) is -0.109. The minimum Gasteiger partial charge on any atom is -0.393 e. The van der Waals surface area contributed by atoms with Crippen LogP contribution >= 0.6 is 11.8 Å². The molecule has 1 atom stereocenters. The van der Waals surface area contributed by atoms with Crippen molar-refractivity contribution in [2.45, 2.75) is 31.2 Å². The van der Waals surface area contributed by atoms with Crippen LogP contribution in [0, 0.1) is 0 Å². The van der Waals surface area contributed by atoms with Gasteiger partial charge in [0.1, 0.15) is 4.87 Å². The van der Waals surface area contributed by atoms with Crippen molar-refractivity contribution in [3.63, 3.8) is 0 Å². The lowest BCUT2D eigenvalue weighted by atomic mass is 10.0. The Hall–Kier alpha value is -0.750. The minimum atomic E-state index is -0.598. The molecule has 2 saturated heterocycles. The Bertz CT molecular complexity index is 340. The van der Waals surface area contributed by atoms with Crippen molar-refractivity contribution in [2.75, 3.05) is 25.4 Å². The molecule has 2 aliphatic rings. The second-order valence-electron chi connectivity index (χ2n) is 4.77. The molecule has 0 saturated carbocycles. The first kappa shape index (κ1) is 12.7. The maximum atomic E-state index is 11.7. The standard InChI is InChI=1S/C11H18N2O3S/c1-8(14)5-10(16)12-6-11(7-12)13(9(2)15)3-4-17-11/h8,14H,3-7H2,1-2H3. The van der Waals surface area contributed by atoms with Crippen molar-refractivity contribution in [1.29, 1.82) is 0 Å². The Morgan fingerprint density at radius 2 is 2.12 bits per heavy atom. The van der Waals surface area contributed by atoms with Gasteiger partial charge in [-0.25, -0.2) is 0 Å². The second-order valence-corrected chi connectivity index (χ2v) is 6.23. The number of carbonyl (C=O) groups is 2. The van der Waals surface area contributed by atoms with Crippen LogP contribution in [-0.4, -0.2) is 63.1 Å². The Kier molecular flexibility index (Phi) is 3.36. The van der Waals surface area contributed by atoms with Gasteiger partial charge in [-0.2, -0.15) is 0 Å². The molecule has 96 valence electrons. The van der Waals surface area contributed by atoms with E-state index in [9.17, 15) is 14.7 Å². The summed E-state index contributed by atoms with van der Waals surface area (Å²) in [5.74, 6) is 0.997. The van der Waals surface area contributed by atoms with Crippen LogP contribution in [0.3, 0.4) is 0 Å². The number of thioether (sulfide) groups is 1. The smallest absolute Gasteiger partial charge is 0.225 e. The van der Waals surface area contributed by atoms with E-state index >= 15 is 0 Å². The molecule has 6 heteroatoms. The van der Waals surface area contributed by atoms with Crippen LogP contribution in [0.25, 0.3) is 0 Å². The highest BCUT2D eigenvalue weighted by Crippen LogP contribution is 2.43. The van der Waals surface area contributed by atoms with Crippen molar-refractivity contribution in [3.8, 4) is 0 Å². The van der Waals surface area contributed by atoms with Crippen LogP contribution in [-0.2, 0) is 9.59 Å². The van der Waals surface area contributed by atoms with Crippen LogP contribution in [0.2, 0.25) is 0 Å². The van der Waals surface area contributed by atoms with Gasteiger partial charge in [-0.3, -0.25) is 9.59 Å². The van der Waals surface area contributed by atoms with E-state index in [-0.39, 0.29) is 23.1 Å². The summed E-state index contributed by atoms with van der Waals surface area (Å²) in [7, 11) is 0. The van der Waals surface area contributed by atoms with Gasteiger partial charge in [0.2, 0.25) is 11.8 Å². The molecule has 1 unspecified atom stereocenters. The van der Waals surface area contributed by atoms with Gasteiger partial charge in [-0.1, -0.05) is 0 Å². The molecule has 1 spiro atoms. The lowest BCUT2D eigenvalue weighted by Crippen LogP contribution is -2.68. The maximum Gasteiger partial charge on any atom is 0.225 e. The molecule has 2 aliphatic heterocycles. The second kappa shape index (κ2) is 4.49. The molecule has 1 N–H and O–H groups in total. The fourth-order valence-corrected chi connectivity index (χ4v) is 3.95. The maximum absolute atomic E-state index is 11.7. The summed E-state index contributed by atoms with van der Waals surface area (Å²) in [6, 6.07) is 0. The summed E-state index contributed by atoms with van der Waals surface area (Å²) >= 11 is 1.76. The molecule has 0 bridgehead atoms. The van der Waals surface area contributed by atoms with E-state index in [4.69, 9.17) is 0 Å². The van der Waals surface area contributed by atoms with Gasteiger partial charge in [0, 0.05) is 19.2 Å². The number of nitrogens with zero attached hydrogens (tertiary/aromatic N) is 2. The van der Waals surface area contributed by atoms with Crippen molar-refractivity contribution in [2.24, 2.45) is 0 Å². The summed E-state index contributed by atoms with van der Waals surface area (Å²) in [4.78, 5) is 26.6. The monoisotopic (exact) mass is 258 g/mol. The third-order valence-electron chi connectivity index (χ3n) is 3.26. The average molecular weight is 258 g/mol. The summed E-state index contributed by atoms with van der Waals surface area (Å²) < 4.78 is 0. The first-order valence-electron chi connectivity index (χ1n) is 5.83. The number of rotatable bonds is 2. The van der Waals surface area contributed by atoms with Gasteiger partial charge in [-0.05, 0) is 6.92 Å². The zero-order valence-corrected chi connectivity index (χ0v) is 11.0. The highest BCUT2D eigenvalue weighted by molar-refractivity contribution is 8.01. The Morgan fingerprint density at radius 1 is 1.47 bits per heavy atom. The molecule has 17 heavy (non-hydrogen) atoms. The molecule has 0 aromatic carbocycles. The first-order valence-corrected chi connectivity index (χ1v) is 6.81. The van der Waals surface area contributed by atoms with Gasteiger partial charge in [-0.15, -0.1) is 11.8 Å². The van der Waals surface area contributed by atoms with E-state index in [1.165, 1.54) is 0 Å². The predicted molar refractivity (Wildman–Crippen MR) is 65.5 cm³/mol. The zero-order valence-electron chi connectivity index (χ0n) is 10.2. The molecule has 0 aliphatic carbocycles. The lowest BCUT2D eigenvalue weighted by Gasteiger charge is -2.51. The van der Waals surface area contributed by atoms with Crippen molar-refractivity contribution in [1.82, 2.24) is 9.80 Å². The molecule has 0 radical (unpaired) electrons. The fraction of sp³-hybridized carbons (Fsp3) is 0.818. The molecular weight excluding hydrogens is 240 g/mol. The Morgan fingerprint density at radius 3 is 2.65 bits per heavy atom. The number of amides is 2. The van der Waals surface area contributed by atoms with Crippen LogP contribution in [0.5, 0.6) is 0 Å². The summed E-state index contributed by atoms with van der Waals surface area (Å²) in [5, 5.41) is 9.17. The summed E-state index contributed by atoms with van der Waals surface area (Å²) in [6.45, 7) is 5.16. The van der Waals surface area contributed by atoms with E-state index in [0.29, 0.717) is 13.1 Å². The molecule has 2 heterocycles. The normalized spacial score (nSPS) is 23.7. The average Bonchev–Trinajstić information content (AvgIpc) is 2.57. The van der Waals surface area contributed by atoms with E-state index in [0.717, 1.165) is 12.3 Å². The topological polar surface area (TPSA) is 60.9 Å². The van der Waals surface area contributed by atoms with Crippen molar-refractivity contribution in [3.05, 3.63) is 0 Å². The number of aliphatic hydroxyl groups is 1. The molecule has 0 aromatic rings. The van der Waals surface area contributed by atoms with Gasteiger partial charge in [0.05, 0.1) is 25.6 Å². The Labute approximate surface area is 105 Å². The van der Waals surface area contributed by atoms with Crippen LogP contribution in [0.4, 0.5) is 0 Å². The molecule has 5 nitrogen and oxygen atoms in total. The van der Waals surface area contributed by atoms with Crippen molar-refractivity contribution < 1.29 is 14.7 Å². The summed E-state index contributed by atoms with van der Waals surface area (Å²) in [5.41, 5.74) is 0. The molecule has 0 aromatic heterocycles. The Balaban J connectivity index is 1.93. The number of likely N-dealkylation sites (tertiary alicyclic amines) is 1. The largest absolute Gasteiger partial charge is 0.393 e. The number of aliphatic hydroxyl groups excluding tert-OH is 1. The molecule has 2 amide bonds. The van der Waals surface area contributed by atoms with Crippen molar-refractivity contribution >= 4 is 23.6 Å². The third-order valence-corrected chi connectivity index (χ3v) is 4.66. The van der Waals surface area contributed by atoms with Gasteiger partial charge in [0.15, 0.2) is 0 Å². The van der Waals surface area contributed by atoms with E-state index in [2.05, 4.69) is 0 Å². The lowest BCUT2D eigenvalue weighted by molar-refractivity contribution is -0.148. The molecule has 2 rings (SSSR count). The fourth-order valence-electron chi connectivity index (χ4n) is 2.42. The number of carbonyl (C=O) groups excluding carboxylic acids is 2. The highest BCUT2D eigenvalue weighted by Gasteiger charge is 2.53. The van der Waals surface area contributed by atoms with Gasteiger partial charge in [0.25, 0.3) is 0 Å². The third kappa shape index (κ3) is 2.28. The number of hydrogen-bond acceptors (Lipinski definition) is 4. The van der Waals surface area contributed by atoms with Crippen LogP contribution in [0.15, 0.2) is 0 Å². The molecule has 2 fully saturated rings. The van der Waals surface area contributed by atoms with Crippen LogP contribution < -0.4 is 0 Å². The summed E-state index contributed by atoms with van der Waals surface area (Å²) in [6.07, 6.45) is -0.430. The number of hydrogen-bond donors (Lipinski definition) is 1. The van der Waals surface area contributed by atoms with Gasteiger partial charge < -0.3 is 14.9 Å². The quantitative estimate of drug-likeness (QED) is 0.751. The first-order chi connectivity index (χ1) is 7.94. The van der Waals surface area contributed by atoms with Gasteiger partial charge >= 0.3 is 0 Å². The van der Waals surface area contributed by atoms with E-state index < -0.39 is 6.10 Å². The minimum absolute atomic E-state index is 0.0263. The highest BCUT2D eigenvalue weighted by atomic mass is 32.2. The van der Waals surface area contributed by atoms with Crippen LogP contribution in [0.1, 0.15) is 20.3 Å². The van der Waals surface area contributed by atoms with E-state index in [1.54, 1.807) is 30.5 Å². The molecular formula is C11H18N2O3S. The zero-order chi connectivity index (χ0) is 12.6. The van der Waals surface area contributed by atoms with E-state index in [1.807, 2.05) is 4.90 Å².